The van der Waals surface area contributed by atoms with E-state index in [0.29, 0.717) is 6.04 Å². The van der Waals surface area contributed by atoms with Crippen LogP contribution in [0.1, 0.15) is 53.9 Å². The first-order valence-corrected chi connectivity index (χ1v) is 5.75. The molecule has 1 heteroatoms. The second-order valence-electron chi connectivity index (χ2n) is 5.02. The van der Waals surface area contributed by atoms with Crippen molar-refractivity contribution in [2.75, 3.05) is 6.54 Å². The zero-order valence-corrected chi connectivity index (χ0v) is 10.1. The average molecular weight is 185 g/mol. The van der Waals surface area contributed by atoms with E-state index in [4.69, 9.17) is 0 Å². The normalized spacial score (nSPS) is 14.1. The molecule has 1 unspecified atom stereocenters. The molecule has 0 bridgehead atoms. The summed E-state index contributed by atoms with van der Waals surface area (Å²) in [7, 11) is 0. The molecule has 0 heterocycles. The number of nitrogens with one attached hydrogen (secondary N) is 1. The van der Waals surface area contributed by atoms with Gasteiger partial charge in [-0.3, -0.25) is 0 Å². The maximum absolute atomic E-state index is 3.57. The van der Waals surface area contributed by atoms with E-state index in [1.54, 1.807) is 0 Å². The fraction of sp³-hybridized carbons (Fsp3) is 1.00. The second-order valence-corrected chi connectivity index (χ2v) is 5.02. The van der Waals surface area contributed by atoms with Crippen molar-refractivity contribution < 1.29 is 0 Å². The van der Waals surface area contributed by atoms with Crippen LogP contribution >= 0.6 is 0 Å². The Kier molecular flexibility index (Phi) is 7.35. The Hall–Kier alpha value is -0.0400. The summed E-state index contributed by atoms with van der Waals surface area (Å²) in [6.45, 7) is 12.6. The first kappa shape index (κ1) is 13.0. The van der Waals surface area contributed by atoms with Crippen molar-refractivity contribution in [3.05, 3.63) is 0 Å². The highest BCUT2D eigenvalue weighted by atomic mass is 14.9. The molecule has 0 saturated carbocycles. The van der Waals surface area contributed by atoms with Crippen LogP contribution in [0.3, 0.4) is 0 Å². The first-order valence-electron chi connectivity index (χ1n) is 5.75. The molecule has 13 heavy (non-hydrogen) atoms. The Morgan fingerprint density at radius 2 is 1.54 bits per heavy atom. The van der Waals surface area contributed by atoms with Crippen LogP contribution in [0.4, 0.5) is 0 Å². The summed E-state index contributed by atoms with van der Waals surface area (Å²) < 4.78 is 0. The van der Waals surface area contributed by atoms with Gasteiger partial charge in [-0.1, -0.05) is 27.7 Å². The van der Waals surface area contributed by atoms with Crippen LogP contribution in [0.5, 0.6) is 0 Å². The van der Waals surface area contributed by atoms with Crippen LogP contribution in [0.25, 0.3) is 0 Å². The number of rotatable bonds is 7. The molecule has 0 aliphatic rings. The van der Waals surface area contributed by atoms with Crippen LogP contribution < -0.4 is 5.32 Å². The molecule has 0 spiro atoms. The van der Waals surface area contributed by atoms with E-state index in [-0.39, 0.29) is 0 Å². The van der Waals surface area contributed by atoms with Gasteiger partial charge in [-0.15, -0.1) is 0 Å². The Balaban J connectivity index is 3.22. The largest absolute Gasteiger partial charge is 0.314 e. The molecular formula is C12H27N. The zero-order chi connectivity index (χ0) is 10.3. The van der Waals surface area contributed by atoms with Gasteiger partial charge >= 0.3 is 0 Å². The van der Waals surface area contributed by atoms with Crippen molar-refractivity contribution >= 4 is 0 Å². The molecule has 0 aromatic heterocycles. The van der Waals surface area contributed by atoms with Crippen molar-refractivity contribution in [2.24, 2.45) is 11.8 Å². The van der Waals surface area contributed by atoms with Crippen molar-refractivity contribution in [3.63, 3.8) is 0 Å². The molecule has 0 saturated heterocycles. The van der Waals surface area contributed by atoms with Gasteiger partial charge in [0.05, 0.1) is 0 Å². The van der Waals surface area contributed by atoms with Crippen LogP contribution in [0, 0.1) is 11.8 Å². The van der Waals surface area contributed by atoms with Gasteiger partial charge in [-0.05, 0) is 44.6 Å². The van der Waals surface area contributed by atoms with Crippen LogP contribution in [0.15, 0.2) is 0 Å². The maximum atomic E-state index is 3.57. The molecule has 0 rings (SSSR count). The van der Waals surface area contributed by atoms with E-state index in [1.165, 1.54) is 25.8 Å². The van der Waals surface area contributed by atoms with E-state index in [2.05, 4.69) is 39.9 Å². The molecule has 1 nitrogen and oxygen atoms in total. The van der Waals surface area contributed by atoms with E-state index >= 15 is 0 Å². The molecule has 0 aliphatic heterocycles. The number of hydrogen-bond acceptors (Lipinski definition) is 1. The Labute approximate surface area is 84.3 Å². The monoisotopic (exact) mass is 185 g/mol. The smallest absolute Gasteiger partial charge is 0.00411 e. The topological polar surface area (TPSA) is 12.0 Å². The van der Waals surface area contributed by atoms with Gasteiger partial charge in [0.1, 0.15) is 0 Å². The highest BCUT2D eigenvalue weighted by Crippen LogP contribution is 2.05. The fourth-order valence-corrected chi connectivity index (χ4v) is 1.65. The van der Waals surface area contributed by atoms with E-state index < -0.39 is 0 Å². The third-order valence-corrected chi connectivity index (χ3v) is 2.28. The van der Waals surface area contributed by atoms with Crippen molar-refractivity contribution in [2.45, 2.75) is 59.9 Å². The molecule has 0 aromatic rings. The summed E-state index contributed by atoms with van der Waals surface area (Å²) in [4.78, 5) is 0. The van der Waals surface area contributed by atoms with Crippen molar-refractivity contribution in [1.82, 2.24) is 5.32 Å². The van der Waals surface area contributed by atoms with Gasteiger partial charge in [-0.25, -0.2) is 0 Å². The predicted molar refractivity (Wildman–Crippen MR) is 61.0 cm³/mol. The molecule has 1 N–H and O–H groups in total. The predicted octanol–water partition coefficient (Wildman–Crippen LogP) is 3.45. The molecule has 0 aromatic carbocycles. The van der Waals surface area contributed by atoms with Crippen LogP contribution in [0.2, 0.25) is 0 Å². The Bertz CT molecular complexity index is 108. The Morgan fingerprint density at radius 1 is 0.923 bits per heavy atom. The zero-order valence-electron chi connectivity index (χ0n) is 10.1. The van der Waals surface area contributed by atoms with E-state index in [1.807, 2.05) is 0 Å². The highest BCUT2D eigenvalue weighted by Gasteiger charge is 2.03. The SMILES string of the molecule is CC(C)CCCNC(C)CC(C)C. The van der Waals surface area contributed by atoms with Crippen molar-refractivity contribution in [1.29, 1.82) is 0 Å². The molecule has 80 valence electrons. The first-order chi connectivity index (χ1) is 6.02. The lowest BCUT2D eigenvalue weighted by Gasteiger charge is -2.16. The highest BCUT2D eigenvalue weighted by molar-refractivity contribution is 4.62. The molecule has 1 atom stereocenters. The lowest BCUT2D eigenvalue weighted by atomic mass is 10.0. The van der Waals surface area contributed by atoms with Gasteiger partial charge < -0.3 is 5.32 Å². The summed E-state index contributed by atoms with van der Waals surface area (Å²) in [6.07, 6.45) is 3.96. The number of hydrogen-bond donors (Lipinski definition) is 1. The summed E-state index contributed by atoms with van der Waals surface area (Å²) in [6, 6.07) is 0.687. The fourth-order valence-electron chi connectivity index (χ4n) is 1.65. The third-order valence-electron chi connectivity index (χ3n) is 2.28. The minimum atomic E-state index is 0.687. The minimum absolute atomic E-state index is 0.687. The lowest BCUT2D eigenvalue weighted by Crippen LogP contribution is -2.28. The van der Waals surface area contributed by atoms with E-state index in [0.717, 1.165) is 11.8 Å². The molecule has 0 aliphatic carbocycles. The standard InChI is InChI=1S/C12H27N/c1-10(2)7-6-8-13-12(5)9-11(3)4/h10-13H,6-9H2,1-5H3. The molecule has 0 fully saturated rings. The van der Waals surface area contributed by atoms with Crippen LogP contribution in [-0.2, 0) is 0 Å². The lowest BCUT2D eigenvalue weighted by molar-refractivity contribution is 0.427. The third kappa shape index (κ3) is 9.88. The van der Waals surface area contributed by atoms with Gasteiger partial charge in [0.2, 0.25) is 0 Å². The van der Waals surface area contributed by atoms with Crippen LogP contribution in [-0.4, -0.2) is 12.6 Å². The van der Waals surface area contributed by atoms with E-state index in [9.17, 15) is 0 Å². The van der Waals surface area contributed by atoms with Gasteiger partial charge in [-0.2, -0.15) is 0 Å². The molecular weight excluding hydrogens is 158 g/mol. The summed E-state index contributed by atoms with van der Waals surface area (Å²) in [5.74, 6) is 1.66. The molecule has 0 radical (unpaired) electrons. The average Bonchev–Trinajstić information content (AvgIpc) is 1.96. The van der Waals surface area contributed by atoms with Gasteiger partial charge in [0.15, 0.2) is 0 Å². The quantitative estimate of drug-likeness (QED) is 0.599. The maximum Gasteiger partial charge on any atom is 0.00411 e. The summed E-state index contributed by atoms with van der Waals surface area (Å²) in [5, 5.41) is 3.57. The second kappa shape index (κ2) is 7.37. The minimum Gasteiger partial charge on any atom is -0.314 e. The van der Waals surface area contributed by atoms with Gasteiger partial charge in [0, 0.05) is 6.04 Å². The summed E-state index contributed by atoms with van der Waals surface area (Å²) in [5.41, 5.74) is 0. The van der Waals surface area contributed by atoms with Crippen molar-refractivity contribution in [3.8, 4) is 0 Å². The molecule has 0 amide bonds. The van der Waals surface area contributed by atoms with Gasteiger partial charge in [0.25, 0.3) is 0 Å². The Morgan fingerprint density at radius 3 is 2.00 bits per heavy atom. The summed E-state index contributed by atoms with van der Waals surface area (Å²) >= 11 is 0.